The molecule has 0 saturated heterocycles. The third kappa shape index (κ3) is 4.54. The van der Waals surface area contributed by atoms with E-state index >= 15 is 0 Å². The molecule has 0 bridgehead atoms. The monoisotopic (exact) mass is 488 g/mol. The standard InChI is InChI=1S/C29H30P.BrH/c1-22-17-19-26(20-18-22)21-30(27-14-8-5-11-23(27)2,28-15-9-6-12-24(28)3)29-16-10-7-13-25(29)4;/h5-20H,21H2,1-4H3;1H/q+1;/p-1. The van der Waals surface area contributed by atoms with Gasteiger partial charge < -0.3 is 17.0 Å². The Bertz CT molecular complexity index is 1050. The van der Waals surface area contributed by atoms with Crippen LogP contribution < -0.4 is 32.9 Å². The Balaban J connectivity index is 0.00000272. The van der Waals surface area contributed by atoms with Crippen LogP contribution in [-0.4, -0.2) is 0 Å². The molecule has 0 spiro atoms. The van der Waals surface area contributed by atoms with Crippen LogP contribution >= 0.6 is 7.26 Å². The highest BCUT2D eigenvalue weighted by atomic mass is 79.9. The van der Waals surface area contributed by atoms with E-state index in [9.17, 15) is 0 Å². The summed E-state index contributed by atoms with van der Waals surface area (Å²) in [6.07, 6.45) is 1.04. The largest absolute Gasteiger partial charge is 1.00 e. The summed E-state index contributed by atoms with van der Waals surface area (Å²) in [5.74, 6) is 0. The third-order valence-corrected chi connectivity index (χ3v) is 10.9. The van der Waals surface area contributed by atoms with Crippen molar-refractivity contribution < 1.29 is 17.0 Å². The predicted molar refractivity (Wildman–Crippen MR) is 134 cm³/mol. The molecule has 0 nitrogen and oxygen atoms in total. The van der Waals surface area contributed by atoms with Crippen molar-refractivity contribution in [3.8, 4) is 0 Å². The van der Waals surface area contributed by atoms with Crippen molar-refractivity contribution in [3.05, 3.63) is 125 Å². The summed E-state index contributed by atoms with van der Waals surface area (Å²) in [7, 11) is -1.90. The maximum Gasteiger partial charge on any atom is 0.117 e. The smallest absolute Gasteiger partial charge is 0.117 e. The second-order valence-corrected chi connectivity index (χ2v) is 11.7. The van der Waals surface area contributed by atoms with Crippen LogP contribution in [-0.2, 0) is 6.16 Å². The van der Waals surface area contributed by atoms with Crippen LogP contribution in [0, 0.1) is 27.7 Å². The van der Waals surface area contributed by atoms with Crippen LogP contribution in [0.25, 0.3) is 0 Å². The molecule has 4 aromatic rings. The summed E-state index contributed by atoms with van der Waals surface area (Å²) in [5, 5.41) is 4.48. The quantitative estimate of drug-likeness (QED) is 0.377. The molecule has 0 aliphatic carbocycles. The lowest BCUT2D eigenvalue weighted by Crippen LogP contribution is -3.00. The number of hydrogen-bond acceptors (Lipinski definition) is 0. The topological polar surface area (TPSA) is 0 Å². The maximum absolute atomic E-state index is 2.37. The molecule has 0 aliphatic rings. The van der Waals surface area contributed by atoms with E-state index in [1.54, 1.807) is 0 Å². The van der Waals surface area contributed by atoms with E-state index < -0.39 is 7.26 Å². The highest BCUT2D eigenvalue weighted by Gasteiger charge is 2.48. The molecule has 0 fully saturated rings. The van der Waals surface area contributed by atoms with E-state index in [0.717, 1.165) is 6.16 Å². The van der Waals surface area contributed by atoms with Gasteiger partial charge in [-0.25, -0.2) is 0 Å². The number of aryl methyl sites for hydroxylation is 4. The molecule has 0 heterocycles. The highest BCUT2D eigenvalue weighted by Crippen LogP contribution is 2.59. The molecule has 0 amide bonds. The van der Waals surface area contributed by atoms with Gasteiger partial charge in [0, 0.05) is 0 Å². The van der Waals surface area contributed by atoms with E-state index in [1.165, 1.54) is 43.7 Å². The van der Waals surface area contributed by atoms with Gasteiger partial charge in [0.2, 0.25) is 0 Å². The number of rotatable bonds is 5. The summed E-state index contributed by atoms with van der Waals surface area (Å²) < 4.78 is 0. The first-order valence-corrected chi connectivity index (χ1v) is 12.6. The predicted octanol–water partition coefficient (Wildman–Crippen LogP) is 3.42. The molecule has 0 atom stereocenters. The number of hydrogen-bond donors (Lipinski definition) is 0. The summed E-state index contributed by atoms with van der Waals surface area (Å²) in [6.45, 7) is 8.98. The molecular formula is C29H30BrP. The second kappa shape index (κ2) is 9.94. The average Bonchev–Trinajstić information content (AvgIpc) is 2.75. The van der Waals surface area contributed by atoms with Gasteiger partial charge in [0.05, 0.1) is 6.16 Å². The van der Waals surface area contributed by atoms with Crippen molar-refractivity contribution in [3.63, 3.8) is 0 Å². The van der Waals surface area contributed by atoms with Crippen molar-refractivity contribution in [1.82, 2.24) is 0 Å². The first kappa shape index (κ1) is 23.5. The van der Waals surface area contributed by atoms with Gasteiger partial charge in [-0.05, 0) is 68.1 Å². The minimum Gasteiger partial charge on any atom is -1.00 e. The molecule has 4 aromatic carbocycles. The Morgan fingerprint density at radius 3 is 1.19 bits per heavy atom. The molecule has 158 valence electrons. The molecule has 31 heavy (non-hydrogen) atoms. The van der Waals surface area contributed by atoms with Crippen molar-refractivity contribution in [2.75, 3.05) is 0 Å². The van der Waals surface area contributed by atoms with Crippen LogP contribution in [0.2, 0.25) is 0 Å². The summed E-state index contributed by atoms with van der Waals surface area (Å²) in [6, 6.07) is 36.2. The lowest BCUT2D eigenvalue weighted by atomic mass is 10.2. The maximum atomic E-state index is 2.37. The van der Waals surface area contributed by atoms with Gasteiger partial charge in [-0.2, -0.15) is 0 Å². The van der Waals surface area contributed by atoms with Gasteiger partial charge in [0.25, 0.3) is 0 Å². The van der Waals surface area contributed by atoms with Gasteiger partial charge in [-0.15, -0.1) is 0 Å². The van der Waals surface area contributed by atoms with Crippen molar-refractivity contribution in [2.24, 2.45) is 0 Å². The van der Waals surface area contributed by atoms with Gasteiger partial charge in [-0.1, -0.05) is 84.4 Å². The van der Waals surface area contributed by atoms with Gasteiger partial charge >= 0.3 is 0 Å². The lowest BCUT2D eigenvalue weighted by molar-refractivity contribution is -0.00000618. The van der Waals surface area contributed by atoms with E-state index in [0.29, 0.717) is 0 Å². The normalized spacial score (nSPS) is 11.1. The fourth-order valence-corrected chi connectivity index (χ4v) is 9.69. The van der Waals surface area contributed by atoms with Crippen LogP contribution in [0.4, 0.5) is 0 Å². The molecule has 0 radical (unpaired) electrons. The summed E-state index contributed by atoms with van der Waals surface area (Å²) in [5.41, 5.74) is 6.85. The number of benzene rings is 4. The minimum atomic E-state index is -1.90. The van der Waals surface area contributed by atoms with Crippen molar-refractivity contribution in [1.29, 1.82) is 0 Å². The Labute approximate surface area is 198 Å². The molecule has 0 saturated carbocycles. The second-order valence-electron chi connectivity index (χ2n) is 8.31. The van der Waals surface area contributed by atoms with Crippen LogP contribution in [0.15, 0.2) is 97.1 Å². The van der Waals surface area contributed by atoms with Crippen LogP contribution in [0.3, 0.4) is 0 Å². The van der Waals surface area contributed by atoms with Gasteiger partial charge in [-0.3, -0.25) is 0 Å². The SMILES string of the molecule is Cc1ccc(C[P+](c2ccccc2C)(c2ccccc2C)c2ccccc2C)cc1.[Br-]. The fraction of sp³-hybridized carbons (Fsp3) is 0.172. The average molecular weight is 489 g/mol. The molecule has 0 aliphatic heterocycles. The van der Waals surface area contributed by atoms with E-state index in [2.05, 4.69) is 125 Å². The zero-order chi connectivity index (χ0) is 21.1. The number of halogens is 1. The Morgan fingerprint density at radius 1 is 0.484 bits per heavy atom. The Hall–Kier alpha value is -2.21. The molecule has 0 unspecified atom stereocenters. The first-order chi connectivity index (χ1) is 14.5. The zero-order valence-corrected chi connectivity index (χ0v) is 21.3. The van der Waals surface area contributed by atoms with Gasteiger partial charge in [0.15, 0.2) is 0 Å². The fourth-order valence-electron chi connectivity index (χ4n) is 4.59. The minimum absolute atomic E-state index is 0. The van der Waals surface area contributed by atoms with Crippen LogP contribution in [0.1, 0.15) is 27.8 Å². The third-order valence-electron chi connectivity index (χ3n) is 6.12. The van der Waals surface area contributed by atoms with E-state index in [-0.39, 0.29) is 17.0 Å². The molecule has 2 heteroatoms. The van der Waals surface area contributed by atoms with E-state index in [1.807, 2.05) is 0 Å². The summed E-state index contributed by atoms with van der Waals surface area (Å²) >= 11 is 0. The summed E-state index contributed by atoms with van der Waals surface area (Å²) in [4.78, 5) is 0. The highest BCUT2D eigenvalue weighted by molar-refractivity contribution is 7.95. The molecule has 0 aromatic heterocycles. The zero-order valence-electron chi connectivity index (χ0n) is 18.8. The lowest BCUT2D eigenvalue weighted by Gasteiger charge is -2.31. The van der Waals surface area contributed by atoms with Crippen molar-refractivity contribution >= 4 is 23.2 Å². The van der Waals surface area contributed by atoms with E-state index in [4.69, 9.17) is 0 Å². The van der Waals surface area contributed by atoms with Crippen LogP contribution in [0.5, 0.6) is 0 Å². The Kier molecular flexibility index (Phi) is 7.52. The molecule has 4 rings (SSSR count). The molecular weight excluding hydrogens is 459 g/mol. The van der Waals surface area contributed by atoms with Crippen molar-refractivity contribution in [2.45, 2.75) is 33.9 Å². The Morgan fingerprint density at radius 2 is 0.839 bits per heavy atom. The first-order valence-electron chi connectivity index (χ1n) is 10.6. The molecule has 0 N–H and O–H groups in total. The van der Waals surface area contributed by atoms with Gasteiger partial charge in [0.1, 0.15) is 23.2 Å².